The van der Waals surface area contributed by atoms with Gasteiger partial charge >= 0.3 is 0 Å². The van der Waals surface area contributed by atoms with Crippen molar-refractivity contribution in [3.05, 3.63) is 29.3 Å². The Kier molecular flexibility index (Phi) is 6.37. The van der Waals surface area contributed by atoms with E-state index in [1.54, 1.807) is 12.1 Å². The number of likely N-dealkylation sites (N-methyl/N-ethyl adjacent to an activating group) is 1. The quantitative estimate of drug-likeness (QED) is 0.841. The number of piperidine rings is 1. The zero-order valence-electron chi connectivity index (χ0n) is 14.7. The highest BCUT2D eigenvalue weighted by Gasteiger charge is 2.27. The smallest absolute Gasteiger partial charge is 0.251 e. The summed E-state index contributed by atoms with van der Waals surface area (Å²) in [6, 6.07) is 4.80. The minimum atomic E-state index is -3.52. The predicted molar refractivity (Wildman–Crippen MR) is 94.7 cm³/mol. The van der Waals surface area contributed by atoms with Gasteiger partial charge in [0.05, 0.1) is 4.90 Å². The fourth-order valence-corrected chi connectivity index (χ4v) is 4.29. The van der Waals surface area contributed by atoms with Crippen LogP contribution in [0.1, 0.15) is 35.2 Å². The number of carbonyl (C=O) groups is 1. The summed E-state index contributed by atoms with van der Waals surface area (Å²) in [5.74, 6) is -0.231. The molecule has 1 amide bonds. The molecule has 134 valence electrons. The van der Waals surface area contributed by atoms with E-state index >= 15 is 0 Å². The van der Waals surface area contributed by atoms with E-state index in [1.165, 1.54) is 10.4 Å². The zero-order valence-corrected chi connectivity index (χ0v) is 15.5. The van der Waals surface area contributed by atoms with Crippen molar-refractivity contribution >= 4 is 15.9 Å². The first kappa shape index (κ1) is 18.9. The number of nitrogens with one attached hydrogen (secondary N) is 1. The van der Waals surface area contributed by atoms with Crippen molar-refractivity contribution in [1.29, 1.82) is 0 Å². The first-order chi connectivity index (χ1) is 11.3. The van der Waals surface area contributed by atoms with Gasteiger partial charge in [0.15, 0.2) is 0 Å². The third-order valence-corrected chi connectivity index (χ3v) is 6.15. The lowest BCUT2D eigenvalue weighted by molar-refractivity contribution is 0.0950. The average Bonchev–Trinajstić information content (AvgIpc) is 2.55. The maximum absolute atomic E-state index is 12.8. The summed E-state index contributed by atoms with van der Waals surface area (Å²) in [5, 5.41) is 2.84. The van der Waals surface area contributed by atoms with Crippen LogP contribution in [0, 0.1) is 6.92 Å². The lowest BCUT2D eigenvalue weighted by atomic mass is 10.1. The molecule has 1 fully saturated rings. The number of hydrogen-bond acceptors (Lipinski definition) is 4. The van der Waals surface area contributed by atoms with Crippen LogP contribution in [0.2, 0.25) is 0 Å². The van der Waals surface area contributed by atoms with Crippen LogP contribution in [-0.2, 0) is 10.0 Å². The lowest BCUT2D eigenvalue weighted by Crippen LogP contribution is -2.36. The Hall–Kier alpha value is -1.44. The van der Waals surface area contributed by atoms with Crippen LogP contribution >= 0.6 is 0 Å². The van der Waals surface area contributed by atoms with Crippen molar-refractivity contribution in [2.75, 3.05) is 40.3 Å². The van der Waals surface area contributed by atoms with Crippen LogP contribution in [0.15, 0.2) is 23.1 Å². The van der Waals surface area contributed by atoms with E-state index in [1.807, 2.05) is 25.9 Å². The molecule has 1 heterocycles. The van der Waals surface area contributed by atoms with Crippen molar-refractivity contribution in [1.82, 2.24) is 14.5 Å². The van der Waals surface area contributed by atoms with Gasteiger partial charge in [-0.15, -0.1) is 0 Å². The van der Waals surface area contributed by atoms with Crippen molar-refractivity contribution < 1.29 is 13.2 Å². The van der Waals surface area contributed by atoms with E-state index in [-0.39, 0.29) is 10.8 Å². The van der Waals surface area contributed by atoms with Gasteiger partial charge in [0.1, 0.15) is 0 Å². The van der Waals surface area contributed by atoms with Crippen molar-refractivity contribution in [3.63, 3.8) is 0 Å². The molecule has 0 unspecified atom stereocenters. The molecule has 1 N–H and O–H groups in total. The number of nitrogens with zero attached hydrogens (tertiary/aromatic N) is 2. The van der Waals surface area contributed by atoms with Gasteiger partial charge in [-0.3, -0.25) is 4.79 Å². The minimum Gasteiger partial charge on any atom is -0.351 e. The summed E-state index contributed by atoms with van der Waals surface area (Å²) in [4.78, 5) is 14.5. The zero-order chi connectivity index (χ0) is 17.7. The predicted octanol–water partition coefficient (Wildman–Crippen LogP) is 1.46. The molecule has 0 aliphatic carbocycles. The van der Waals surface area contributed by atoms with Crippen molar-refractivity contribution in [3.8, 4) is 0 Å². The molecule has 1 aliphatic heterocycles. The molecule has 0 radical (unpaired) electrons. The fraction of sp³-hybridized carbons (Fsp3) is 0.588. The molecule has 0 aromatic heterocycles. The highest BCUT2D eigenvalue weighted by molar-refractivity contribution is 7.89. The molecule has 0 bridgehead atoms. The molecule has 0 atom stereocenters. The molecule has 1 saturated heterocycles. The van der Waals surface area contributed by atoms with Crippen LogP contribution in [0.4, 0.5) is 0 Å². The molecule has 7 heteroatoms. The van der Waals surface area contributed by atoms with E-state index in [0.29, 0.717) is 25.2 Å². The third-order valence-electron chi connectivity index (χ3n) is 4.25. The maximum Gasteiger partial charge on any atom is 0.251 e. The monoisotopic (exact) mass is 353 g/mol. The second kappa shape index (κ2) is 8.09. The Morgan fingerprint density at radius 3 is 2.50 bits per heavy atom. The van der Waals surface area contributed by atoms with Gasteiger partial charge in [-0.2, -0.15) is 4.31 Å². The first-order valence-electron chi connectivity index (χ1n) is 8.36. The Balaban J connectivity index is 2.19. The molecule has 24 heavy (non-hydrogen) atoms. The van der Waals surface area contributed by atoms with Crippen molar-refractivity contribution in [2.45, 2.75) is 31.1 Å². The van der Waals surface area contributed by atoms with Crippen LogP contribution in [0.25, 0.3) is 0 Å². The van der Waals surface area contributed by atoms with Gasteiger partial charge in [-0.1, -0.05) is 12.5 Å². The number of amides is 1. The molecular weight excluding hydrogens is 326 g/mol. The van der Waals surface area contributed by atoms with Crippen LogP contribution < -0.4 is 5.32 Å². The lowest BCUT2D eigenvalue weighted by Gasteiger charge is -2.26. The third kappa shape index (κ3) is 4.55. The summed E-state index contributed by atoms with van der Waals surface area (Å²) in [5.41, 5.74) is 1.20. The van der Waals surface area contributed by atoms with Gasteiger partial charge in [-0.05, 0) is 51.6 Å². The van der Waals surface area contributed by atoms with E-state index in [4.69, 9.17) is 0 Å². The highest BCUT2D eigenvalue weighted by atomic mass is 32.2. The molecular formula is C17H27N3O3S. The highest BCUT2D eigenvalue weighted by Crippen LogP contribution is 2.22. The fourth-order valence-electron chi connectivity index (χ4n) is 2.75. The van der Waals surface area contributed by atoms with Crippen molar-refractivity contribution in [2.24, 2.45) is 0 Å². The van der Waals surface area contributed by atoms with Crippen LogP contribution in [0.3, 0.4) is 0 Å². The average molecular weight is 353 g/mol. The molecule has 2 rings (SSSR count). The van der Waals surface area contributed by atoms with Gasteiger partial charge in [-0.25, -0.2) is 8.42 Å². The molecule has 0 saturated carbocycles. The van der Waals surface area contributed by atoms with Gasteiger partial charge in [0.25, 0.3) is 5.91 Å². The number of rotatable bonds is 6. The summed E-state index contributed by atoms with van der Waals surface area (Å²) >= 11 is 0. The van der Waals surface area contributed by atoms with Gasteiger partial charge in [0, 0.05) is 31.7 Å². The number of sulfonamides is 1. The van der Waals surface area contributed by atoms with E-state index in [9.17, 15) is 13.2 Å². The van der Waals surface area contributed by atoms with Crippen LogP contribution in [-0.4, -0.2) is 63.8 Å². The number of carbonyl (C=O) groups excluding carboxylic acids is 1. The maximum atomic E-state index is 12.8. The second-order valence-corrected chi connectivity index (χ2v) is 8.44. The van der Waals surface area contributed by atoms with E-state index in [0.717, 1.165) is 31.4 Å². The Morgan fingerprint density at radius 1 is 1.21 bits per heavy atom. The summed E-state index contributed by atoms with van der Waals surface area (Å²) < 4.78 is 27.1. The standard InChI is InChI=1S/C17H27N3O3S/c1-14-7-8-15(24(22,23)20-10-5-4-6-11-20)13-16(14)17(21)18-9-12-19(2)3/h7-8,13H,4-6,9-12H2,1-3H3,(H,18,21). The normalized spacial score (nSPS) is 16.3. The molecule has 1 aromatic carbocycles. The minimum absolute atomic E-state index is 0.202. The van der Waals surface area contributed by atoms with Gasteiger partial charge < -0.3 is 10.2 Å². The van der Waals surface area contributed by atoms with Crippen LogP contribution in [0.5, 0.6) is 0 Å². The Morgan fingerprint density at radius 2 is 1.88 bits per heavy atom. The Labute approximate surface area is 144 Å². The van der Waals surface area contributed by atoms with E-state index < -0.39 is 10.0 Å². The first-order valence-corrected chi connectivity index (χ1v) is 9.80. The number of benzene rings is 1. The number of hydrogen-bond donors (Lipinski definition) is 1. The summed E-state index contributed by atoms with van der Waals surface area (Å²) in [6.07, 6.45) is 2.85. The summed E-state index contributed by atoms with van der Waals surface area (Å²) in [7, 11) is 0.344. The summed E-state index contributed by atoms with van der Waals surface area (Å²) in [6.45, 7) is 4.18. The molecule has 1 aromatic rings. The topological polar surface area (TPSA) is 69.7 Å². The largest absolute Gasteiger partial charge is 0.351 e. The SMILES string of the molecule is Cc1ccc(S(=O)(=O)N2CCCCC2)cc1C(=O)NCCN(C)C. The van der Waals surface area contributed by atoms with E-state index in [2.05, 4.69) is 5.32 Å². The Bertz CT molecular complexity index is 680. The number of aryl methyl sites for hydroxylation is 1. The van der Waals surface area contributed by atoms with Gasteiger partial charge in [0.2, 0.25) is 10.0 Å². The molecule has 0 spiro atoms. The molecule has 1 aliphatic rings. The molecule has 6 nitrogen and oxygen atoms in total. The second-order valence-electron chi connectivity index (χ2n) is 6.50.